The molecule has 0 aromatic carbocycles. The summed E-state index contributed by atoms with van der Waals surface area (Å²) in [6, 6.07) is 5.05. The number of ether oxygens (including phenoxy) is 2. The highest BCUT2D eigenvalue weighted by Gasteiger charge is 2.45. The second-order valence-corrected chi connectivity index (χ2v) is 9.19. The van der Waals surface area contributed by atoms with Crippen molar-refractivity contribution < 1.29 is 18.3 Å². The molecule has 1 N–H and O–H groups in total. The van der Waals surface area contributed by atoms with Crippen molar-refractivity contribution in [2.24, 2.45) is 0 Å². The molecule has 1 atom stereocenters. The van der Waals surface area contributed by atoms with Gasteiger partial charge in [0.2, 0.25) is 0 Å². The van der Waals surface area contributed by atoms with Gasteiger partial charge < -0.3 is 19.4 Å². The average molecular weight is 542 g/mol. The number of fused-ring (bicyclic) bond motifs is 1. The fraction of sp³-hybridized carbons (Fsp3) is 0.458. The van der Waals surface area contributed by atoms with Crippen molar-refractivity contribution in [3.63, 3.8) is 0 Å². The lowest BCUT2D eigenvalue weighted by molar-refractivity contribution is 0.0636. The molecule has 0 aliphatic carbocycles. The van der Waals surface area contributed by atoms with Gasteiger partial charge in [-0.15, -0.1) is 24.8 Å². The Morgan fingerprint density at radius 1 is 1.08 bits per heavy atom. The summed E-state index contributed by atoms with van der Waals surface area (Å²) >= 11 is 0. The SMILES string of the molecule is Cl.Cl.O=c1ccc2ncc(F)c3c2n1CC3(F)CN1CCC(NCc2cc3c(cn2)OCCO3)CC1. The molecule has 1 unspecified atom stereocenters. The van der Waals surface area contributed by atoms with E-state index in [1.807, 2.05) is 11.0 Å². The zero-order chi connectivity index (χ0) is 23.3. The zero-order valence-electron chi connectivity index (χ0n) is 19.4. The maximum atomic E-state index is 16.2. The summed E-state index contributed by atoms with van der Waals surface area (Å²) in [4.78, 5) is 22.8. The van der Waals surface area contributed by atoms with Crippen molar-refractivity contribution in [3.05, 3.63) is 58.0 Å². The molecule has 6 rings (SSSR count). The first-order valence-corrected chi connectivity index (χ1v) is 11.6. The predicted molar refractivity (Wildman–Crippen MR) is 135 cm³/mol. The van der Waals surface area contributed by atoms with Crippen LogP contribution in [0.1, 0.15) is 24.1 Å². The van der Waals surface area contributed by atoms with Crippen LogP contribution in [-0.4, -0.2) is 58.3 Å². The molecule has 3 aliphatic rings. The summed E-state index contributed by atoms with van der Waals surface area (Å²) in [7, 11) is 0. The molecule has 36 heavy (non-hydrogen) atoms. The van der Waals surface area contributed by atoms with Gasteiger partial charge in [-0.1, -0.05) is 0 Å². The molecule has 0 radical (unpaired) electrons. The van der Waals surface area contributed by atoms with Crippen LogP contribution in [0.25, 0.3) is 11.0 Å². The van der Waals surface area contributed by atoms with E-state index in [1.54, 1.807) is 6.20 Å². The molecule has 0 bridgehead atoms. The Balaban J connectivity index is 0.00000152. The third kappa shape index (κ3) is 4.74. The number of halogens is 4. The monoisotopic (exact) mass is 541 g/mol. The highest BCUT2D eigenvalue weighted by Crippen LogP contribution is 2.41. The van der Waals surface area contributed by atoms with Crippen molar-refractivity contribution in [1.29, 1.82) is 0 Å². The van der Waals surface area contributed by atoms with Crippen LogP contribution in [0.3, 0.4) is 0 Å². The lowest BCUT2D eigenvalue weighted by atomic mass is 9.95. The molecule has 0 saturated carbocycles. The minimum atomic E-state index is -1.96. The van der Waals surface area contributed by atoms with Gasteiger partial charge in [-0.3, -0.25) is 19.7 Å². The number of piperidine rings is 1. The molecule has 3 aliphatic heterocycles. The Morgan fingerprint density at radius 2 is 1.83 bits per heavy atom. The van der Waals surface area contributed by atoms with E-state index in [-0.39, 0.29) is 60.6 Å². The normalized spacial score (nSPS) is 21.2. The number of pyridine rings is 3. The predicted octanol–water partition coefficient (Wildman–Crippen LogP) is 2.98. The number of aromatic nitrogens is 3. The molecule has 0 amide bonds. The first-order chi connectivity index (χ1) is 16.5. The molecule has 3 aromatic heterocycles. The van der Waals surface area contributed by atoms with E-state index >= 15 is 4.39 Å². The Morgan fingerprint density at radius 3 is 2.61 bits per heavy atom. The Bertz CT molecular complexity index is 1320. The zero-order valence-corrected chi connectivity index (χ0v) is 21.0. The van der Waals surface area contributed by atoms with Gasteiger partial charge in [0, 0.05) is 31.3 Å². The van der Waals surface area contributed by atoms with Crippen molar-refractivity contribution in [2.75, 3.05) is 32.8 Å². The van der Waals surface area contributed by atoms with Crippen molar-refractivity contribution >= 4 is 35.8 Å². The number of hydrogen-bond acceptors (Lipinski definition) is 7. The van der Waals surface area contributed by atoms with Gasteiger partial charge in [-0.05, 0) is 32.0 Å². The standard InChI is InChI=1S/C24H25F2N5O3.2ClH/c25-17-11-29-18-1-2-21(32)31-14-24(26,22(17)23(18)31)13-30-5-3-15(4-6-30)27-10-16-9-19-20(12-28-16)34-8-7-33-19;;/h1-2,9,11-12,15,27H,3-8,10,13-14H2;2*1H. The van der Waals surface area contributed by atoms with Crippen LogP contribution in [0.2, 0.25) is 0 Å². The maximum absolute atomic E-state index is 16.2. The van der Waals surface area contributed by atoms with Crippen LogP contribution in [-0.2, 0) is 18.8 Å². The molecule has 8 nitrogen and oxygen atoms in total. The van der Waals surface area contributed by atoms with Crippen LogP contribution in [0.15, 0.2) is 35.4 Å². The minimum absolute atomic E-state index is 0. The molecule has 12 heteroatoms. The summed E-state index contributed by atoms with van der Waals surface area (Å²) in [6.45, 7) is 2.89. The van der Waals surface area contributed by atoms with Crippen LogP contribution in [0.4, 0.5) is 8.78 Å². The van der Waals surface area contributed by atoms with Gasteiger partial charge in [-0.25, -0.2) is 8.78 Å². The highest BCUT2D eigenvalue weighted by molar-refractivity contribution is 5.85. The minimum Gasteiger partial charge on any atom is -0.486 e. The van der Waals surface area contributed by atoms with Crippen molar-refractivity contribution in [1.82, 2.24) is 24.8 Å². The Labute approximate surface area is 218 Å². The molecule has 3 aromatic rings. The van der Waals surface area contributed by atoms with Crippen LogP contribution in [0.5, 0.6) is 11.5 Å². The van der Waals surface area contributed by atoms with Gasteiger partial charge in [0.15, 0.2) is 17.2 Å². The average Bonchev–Trinajstić information content (AvgIpc) is 3.17. The van der Waals surface area contributed by atoms with Crippen molar-refractivity contribution in [3.8, 4) is 11.5 Å². The second kappa shape index (κ2) is 10.5. The van der Waals surface area contributed by atoms with E-state index in [0.717, 1.165) is 30.5 Å². The van der Waals surface area contributed by atoms with E-state index < -0.39 is 11.5 Å². The first-order valence-electron chi connectivity index (χ1n) is 11.6. The molecule has 194 valence electrons. The van der Waals surface area contributed by atoms with E-state index in [9.17, 15) is 9.18 Å². The van der Waals surface area contributed by atoms with Gasteiger partial charge in [0.1, 0.15) is 19.0 Å². The summed E-state index contributed by atoms with van der Waals surface area (Å²) in [5, 5.41) is 3.52. The summed E-state index contributed by atoms with van der Waals surface area (Å²) in [5.74, 6) is 0.688. The first kappa shape index (κ1) is 26.5. The van der Waals surface area contributed by atoms with Crippen LogP contribution in [0, 0.1) is 5.82 Å². The van der Waals surface area contributed by atoms with E-state index in [2.05, 4.69) is 15.3 Å². The number of hydrogen-bond donors (Lipinski definition) is 1. The van der Waals surface area contributed by atoms with Crippen molar-refractivity contribution in [2.45, 2.75) is 37.6 Å². The van der Waals surface area contributed by atoms with Gasteiger partial charge >= 0.3 is 0 Å². The summed E-state index contributed by atoms with van der Waals surface area (Å²) in [6.07, 6.45) is 4.41. The van der Waals surface area contributed by atoms with Gasteiger partial charge in [-0.2, -0.15) is 0 Å². The number of alkyl halides is 1. The largest absolute Gasteiger partial charge is 0.486 e. The van der Waals surface area contributed by atoms with Crippen LogP contribution < -0.4 is 20.3 Å². The molecule has 6 heterocycles. The number of rotatable bonds is 5. The molecule has 1 saturated heterocycles. The van der Waals surface area contributed by atoms with Gasteiger partial charge in [0.05, 0.1) is 41.2 Å². The Hall–Kier alpha value is -2.53. The lowest BCUT2D eigenvalue weighted by Crippen LogP contribution is -2.47. The third-order valence-electron chi connectivity index (χ3n) is 6.93. The lowest BCUT2D eigenvalue weighted by Gasteiger charge is -2.36. The Kier molecular flexibility index (Phi) is 7.70. The maximum Gasteiger partial charge on any atom is 0.251 e. The quantitative estimate of drug-likeness (QED) is 0.531. The van der Waals surface area contributed by atoms with Gasteiger partial charge in [0.25, 0.3) is 5.56 Å². The van der Waals surface area contributed by atoms with E-state index in [0.29, 0.717) is 44.1 Å². The molecular formula is C24H27Cl2F2N5O3. The fourth-order valence-corrected chi connectivity index (χ4v) is 5.27. The van der Waals surface area contributed by atoms with Crippen LogP contribution >= 0.6 is 24.8 Å². The number of nitrogens with zero attached hydrogens (tertiary/aromatic N) is 4. The molecular weight excluding hydrogens is 515 g/mol. The summed E-state index contributed by atoms with van der Waals surface area (Å²) in [5.41, 5.74) is -0.754. The van der Waals surface area contributed by atoms with E-state index in [1.165, 1.54) is 16.7 Å². The smallest absolute Gasteiger partial charge is 0.251 e. The highest BCUT2D eigenvalue weighted by atomic mass is 35.5. The topological polar surface area (TPSA) is 81.5 Å². The fourth-order valence-electron chi connectivity index (χ4n) is 5.27. The third-order valence-corrected chi connectivity index (χ3v) is 6.93. The second-order valence-electron chi connectivity index (χ2n) is 9.19. The summed E-state index contributed by atoms with van der Waals surface area (Å²) < 4.78 is 43.3. The number of likely N-dealkylation sites (tertiary alicyclic amines) is 1. The number of nitrogens with one attached hydrogen (secondary N) is 1. The molecule has 1 fully saturated rings. The van der Waals surface area contributed by atoms with E-state index in [4.69, 9.17) is 9.47 Å². The molecule has 0 spiro atoms.